The first-order chi connectivity index (χ1) is 13.7. The van der Waals surface area contributed by atoms with Gasteiger partial charge in [-0.05, 0) is 40.6 Å². The molecule has 0 unspecified atom stereocenters. The van der Waals surface area contributed by atoms with Crippen molar-refractivity contribution < 1.29 is 14.3 Å². The fourth-order valence-electron chi connectivity index (χ4n) is 3.66. The molecule has 1 aliphatic carbocycles. The number of ether oxygens (including phenoxy) is 1. The second kappa shape index (κ2) is 6.46. The topological polar surface area (TPSA) is 43.4 Å². The summed E-state index contributed by atoms with van der Waals surface area (Å²) in [6.07, 6.45) is 0. The molecule has 0 aromatic heterocycles. The largest absolute Gasteiger partial charge is 0.489 e. The van der Waals surface area contributed by atoms with Crippen LogP contribution in [0.3, 0.4) is 0 Å². The molecule has 134 valence electrons. The third-order valence-corrected chi connectivity index (χ3v) is 5.12. The summed E-state index contributed by atoms with van der Waals surface area (Å²) < 4.78 is 5.93. The van der Waals surface area contributed by atoms with E-state index in [1.807, 2.05) is 42.5 Å². The molecule has 0 saturated carbocycles. The number of ketones is 2. The van der Waals surface area contributed by atoms with Crippen LogP contribution in [0.15, 0.2) is 84.9 Å². The van der Waals surface area contributed by atoms with Crippen LogP contribution in [0.25, 0.3) is 10.8 Å². The highest BCUT2D eigenvalue weighted by Crippen LogP contribution is 2.28. The van der Waals surface area contributed by atoms with Crippen molar-refractivity contribution in [2.75, 3.05) is 0 Å². The Labute approximate surface area is 162 Å². The molecule has 0 fully saturated rings. The van der Waals surface area contributed by atoms with Crippen molar-refractivity contribution in [3.63, 3.8) is 0 Å². The molecule has 3 heteroatoms. The highest BCUT2D eigenvalue weighted by Gasteiger charge is 2.29. The van der Waals surface area contributed by atoms with E-state index in [9.17, 15) is 9.59 Å². The zero-order chi connectivity index (χ0) is 19.1. The van der Waals surface area contributed by atoms with E-state index in [1.54, 1.807) is 36.4 Å². The lowest BCUT2D eigenvalue weighted by atomic mass is 9.83. The van der Waals surface area contributed by atoms with Crippen LogP contribution in [0.1, 0.15) is 37.4 Å². The Morgan fingerprint density at radius 3 is 2.00 bits per heavy atom. The van der Waals surface area contributed by atoms with Gasteiger partial charge in [-0.1, -0.05) is 60.7 Å². The van der Waals surface area contributed by atoms with Crippen LogP contribution in [-0.4, -0.2) is 11.6 Å². The minimum atomic E-state index is -0.113. The summed E-state index contributed by atoms with van der Waals surface area (Å²) in [5.74, 6) is 0.550. The van der Waals surface area contributed by atoms with Gasteiger partial charge < -0.3 is 4.74 Å². The van der Waals surface area contributed by atoms with Crippen LogP contribution < -0.4 is 4.74 Å². The molecule has 4 aromatic rings. The molecule has 0 aliphatic heterocycles. The molecule has 0 heterocycles. The maximum absolute atomic E-state index is 12.8. The Hall–Kier alpha value is -3.72. The molecular formula is C25H16O3. The van der Waals surface area contributed by atoms with Gasteiger partial charge in [0.2, 0.25) is 0 Å². The van der Waals surface area contributed by atoms with Crippen molar-refractivity contribution in [1.29, 1.82) is 0 Å². The van der Waals surface area contributed by atoms with Gasteiger partial charge in [0.1, 0.15) is 12.4 Å². The quantitative estimate of drug-likeness (QED) is 0.442. The van der Waals surface area contributed by atoms with Gasteiger partial charge in [0.25, 0.3) is 0 Å². The molecule has 0 bridgehead atoms. The number of carbonyl (C=O) groups excluding carboxylic acids is 2. The van der Waals surface area contributed by atoms with Gasteiger partial charge in [0, 0.05) is 22.3 Å². The fraction of sp³-hybridized carbons (Fsp3) is 0.0400. The Balaban J connectivity index is 1.43. The maximum Gasteiger partial charge on any atom is 0.194 e. The Kier molecular flexibility index (Phi) is 3.80. The van der Waals surface area contributed by atoms with E-state index in [0.29, 0.717) is 28.9 Å². The Bertz CT molecular complexity index is 1250. The third kappa shape index (κ3) is 2.69. The molecule has 0 atom stereocenters. The number of rotatable bonds is 3. The minimum Gasteiger partial charge on any atom is -0.489 e. The number of carbonyl (C=O) groups is 2. The van der Waals surface area contributed by atoms with E-state index in [2.05, 4.69) is 6.07 Å². The van der Waals surface area contributed by atoms with Gasteiger partial charge in [-0.15, -0.1) is 0 Å². The van der Waals surface area contributed by atoms with Crippen molar-refractivity contribution in [3.8, 4) is 5.75 Å². The third-order valence-electron chi connectivity index (χ3n) is 5.12. The molecule has 0 N–H and O–H groups in total. The molecule has 0 saturated heterocycles. The summed E-state index contributed by atoms with van der Waals surface area (Å²) in [4.78, 5) is 25.5. The van der Waals surface area contributed by atoms with Crippen molar-refractivity contribution in [2.45, 2.75) is 6.61 Å². The van der Waals surface area contributed by atoms with Crippen LogP contribution >= 0.6 is 0 Å². The van der Waals surface area contributed by atoms with Gasteiger partial charge >= 0.3 is 0 Å². The van der Waals surface area contributed by atoms with Crippen molar-refractivity contribution in [3.05, 3.63) is 113 Å². The molecular weight excluding hydrogens is 348 g/mol. The van der Waals surface area contributed by atoms with E-state index < -0.39 is 0 Å². The lowest BCUT2D eigenvalue weighted by Crippen LogP contribution is -2.21. The van der Waals surface area contributed by atoms with Crippen molar-refractivity contribution in [1.82, 2.24) is 0 Å². The predicted molar refractivity (Wildman–Crippen MR) is 108 cm³/mol. The smallest absolute Gasteiger partial charge is 0.194 e. The van der Waals surface area contributed by atoms with Gasteiger partial charge in [-0.3, -0.25) is 9.59 Å². The monoisotopic (exact) mass is 364 g/mol. The number of benzene rings is 4. The average Bonchev–Trinajstić information content (AvgIpc) is 2.76. The second-order valence-electron chi connectivity index (χ2n) is 6.88. The molecule has 4 aromatic carbocycles. The van der Waals surface area contributed by atoms with Crippen molar-refractivity contribution in [2.24, 2.45) is 0 Å². The lowest BCUT2D eigenvalue weighted by Gasteiger charge is -2.18. The highest BCUT2D eigenvalue weighted by molar-refractivity contribution is 6.28. The number of hydrogen-bond acceptors (Lipinski definition) is 3. The molecule has 5 rings (SSSR count). The van der Waals surface area contributed by atoms with E-state index in [1.165, 1.54) is 0 Å². The van der Waals surface area contributed by atoms with Crippen LogP contribution in [0.4, 0.5) is 0 Å². The summed E-state index contributed by atoms with van der Waals surface area (Å²) in [7, 11) is 0. The molecule has 3 nitrogen and oxygen atoms in total. The molecule has 28 heavy (non-hydrogen) atoms. The van der Waals surface area contributed by atoms with Crippen LogP contribution in [-0.2, 0) is 6.61 Å². The SMILES string of the molecule is O=C1c2ccccc2C(=O)c2cc(COc3ccc4ccccc4c3)ccc21. The summed E-state index contributed by atoms with van der Waals surface area (Å²) in [5.41, 5.74) is 2.70. The van der Waals surface area contributed by atoms with Gasteiger partial charge in [0.15, 0.2) is 11.6 Å². The van der Waals surface area contributed by atoms with E-state index in [0.717, 1.165) is 22.1 Å². The van der Waals surface area contributed by atoms with E-state index in [4.69, 9.17) is 4.74 Å². The standard InChI is InChI=1S/C25H16O3/c26-24-20-7-3-4-8-21(20)25(27)23-13-16(9-12-22(23)24)15-28-19-11-10-17-5-1-2-6-18(17)14-19/h1-14H,15H2. The zero-order valence-electron chi connectivity index (χ0n) is 15.0. The highest BCUT2D eigenvalue weighted by atomic mass is 16.5. The summed E-state index contributed by atoms with van der Waals surface area (Å²) in [5, 5.41) is 2.27. The van der Waals surface area contributed by atoms with E-state index in [-0.39, 0.29) is 11.6 Å². The van der Waals surface area contributed by atoms with E-state index >= 15 is 0 Å². The van der Waals surface area contributed by atoms with Crippen LogP contribution in [0.2, 0.25) is 0 Å². The Morgan fingerprint density at radius 2 is 1.21 bits per heavy atom. The minimum absolute atomic E-state index is 0.104. The molecule has 1 aliphatic rings. The zero-order valence-corrected chi connectivity index (χ0v) is 15.0. The Morgan fingerprint density at radius 1 is 0.571 bits per heavy atom. The second-order valence-corrected chi connectivity index (χ2v) is 6.88. The summed E-state index contributed by atoms with van der Waals surface area (Å²) in [6.45, 7) is 0.328. The first-order valence-electron chi connectivity index (χ1n) is 9.14. The molecule has 0 amide bonds. The summed E-state index contributed by atoms with van der Waals surface area (Å²) in [6, 6.07) is 26.4. The summed E-state index contributed by atoms with van der Waals surface area (Å²) >= 11 is 0. The maximum atomic E-state index is 12.8. The fourth-order valence-corrected chi connectivity index (χ4v) is 3.66. The first kappa shape index (κ1) is 16.5. The van der Waals surface area contributed by atoms with Gasteiger partial charge in [-0.2, -0.15) is 0 Å². The molecule has 0 radical (unpaired) electrons. The lowest BCUT2D eigenvalue weighted by molar-refractivity contribution is 0.0979. The van der Waals surface area contributed by atoms with Gasteiger partial charge in [-0.25, -0.2) is 0 Å². The first-order valence-corrected chi connectivity index (χ1v) is 9.14. The van der Waals surface area contributed by atoms with Gasteiger partial charge in [0.05, 0.1) is 0 Å². The normalized spacial score (nSPS) is 12.6. The van der Waals surface area contributed by atoms with Crippen LogP contribution in [0, 0.1) is 0 Å². The van der Waals surface area contributed by atoms with Crippen LogP contribution in [0.5, 0.6) is 5.75 Å². The average molecular weight is 364 g/mol. The molecule has 0 spiro atoms. The van der Waals surface area contributed by atoms with Crippen molar-refractivity contribution >= 4 is 22.3 Å². The number of hydrogen-bond donors (Lipinski definition) is 0. The number of fused-ring (bicyclic) bond motifs is 3. The predicted octanol–water partition coefficient (Wildman–Crippen LogP) is 5.19.